The van der Waals surface area contributed by atoms with Gasteiger partial charge in [0.25, 0.3) is 0 Å². The zero-order valence-electron chi connectivity index (χ0n) is 20.5. The predicted molar refractivity (Wildman–Crippen MR) is 137 cm³/mol. The first-order chi connectivity index (χ1) is 16.0. The molecule has 0 aromatic heterocycles. The molecule has 1 atom stereocenters. The fourth-order valence-electron chi connectivity index (χ4n) is 3.81. The summed E-state index contributed by atoms with van der Waals surface area (Å²) in [6.07, 6.45) is 2.00. The molecule has 0 radical (unpaired) electrons. The van der Waals surface area contributed by atoms with Crippen LogP contribution in [0.4, 0.5) is 5.69 Å². The fourth-order valence-corrected chi connectivity index (χ4v) is 4.99. The smallest absolute Gasteiger partial charge is 0.242 e. The quantitative estimate of drug-likeness (QED) is 0.497. The molecule has 34 heavy (non-hydrogen) atoms. The molecule has 0 aliphatic heterocycles. The number of rotatable bonds is 11. The van der Waals surface area contributed by atoms with Crippen LogP contribution in [-0.4, -0.2) is 51.0 Å². The van der Waals surface area contributed by atoms with Gasteiger partial charge in [0.2, 0.25) is 21.8 Å². The minimum Gasteiger partial charge on any atom is -0.357 e. The molecule has 0 saturated carbocycles. The maximum Gasteiger partial charge on any atom is 0.242 e. The lowest BCUT2D eigenvalue weighted by molar-refractivity contribution is -0.141. The SMILES string of the molecule is CC[C@H](C(=O)NC)N(Cc1ccc(C)cc1)C(=O)CCCN(c1cc(Cl)ccc1C)S(C)(=O)=O. The Morgan fingerprint density at radius 3 is 2.29 bits per heavy atom. The van der Waals surface area contributed by atoms with E-state index < -0.39 is 16.1 Å². The van der Waals surface area contributed by atoms with Crippen molar-refractivity contribution < 1.29 is 18.0 Å². The van der Waals surface area contributed by atoms with Gasteiger partial charge in [-0.3, -0.25) is 13.9 Å². The Bertz CT molecular complexity index is 1100. The van der Waals surface area contributed by atoms with E-state index in [1.165, 1.54) is 4.31 Å². The predicted octanol–water partition coefficient (Wildman–Crippen LogP) is 4.06. The highest BCUT2D eigenvalue weighted by Gasteiger charge is 2.28. The third-order valence-electron chi connectivity index (χ3n) is 5.70. The zero-order valence-corrected chi connectivity index (χ0v) is 22.0. The average molecular weight is 508 g/mol. The number of likely N-dealkylation sites (N-methyl/N-ethyl adjacent to an activating group) is 1. The van der Waals surface area contributed by atoms with E-state index >= 15 is 0 Å². The van der Waals surface area contributed by atoms with Crippen LogP contribution in [0, 0.1) is 13.8 Å². The lowest BCUT2D eigenvalue weighted by Gasteiger charge is -2.31. The number of carbonyl (C=O) groups excluding carboxylic acids is 2. The summed E-state index contributed by atoms with van der Waals surface area (Å²) in [6, 6.07) is 12.3. The lowest BCUT2D eigenvalue weighted by atomic mass is 10.1. The normalized spacial score (nSPS) is 12.2. The van der Waals surface area contributed by atoms with Crippen molar-refractivity contribution in [2.45, 2.75) is 52.6 Å². The van der Waals surface area contributed by atoms with Gasteiger partial charge >= 0.3 is 0 Å². The highest BCUT2D eigenvalue weighted by molar-refractivity contribution is 7.92. The molecule has 0 aliphatic rings. The van der Waals surface area contributed by atoms with Crippen LogP contribution >= 0.6 is 11.6 Å². The van der Waals surface area contributed by atoms with E-state index in [1.54, 1.807) is 30.1 Å². The summed E-state index contributed by atoms with van der Waals surface area (Å²) >= 11 is 6.10. The van der Waals surface area contributed by atoms with Gasteiger partial charge in [0.1, 0.15) is 6.04 Å². The van der Waals surface area contributed by atoms with Crippen molar-refractivity contribution in [1.82, 2.24) is 10.2 Å². The molecule has 0 fully saturated rings. The molecule has 0 aliphatic carbocycles. The molecule has 2 aromatic rings. The summed E-state index contributed by atoms with van der Waals surface area (Å²) in [4.78, 5) is 27.4. The number of nitrogens with zero attached hydrogens (tertiary/aromatic N) is 2. The summed E-state index contributed by atoms with van der Waals surface area (Å²) in [5.74, 6) is -0.428. The van der Waals surface area contributed by atoms with Crippen LogP contribution < -0.4 is 9.62 Å². The zero-order chi connectivity index (χ0) is 25.5. The third-order valence-corrected chi connectivity index (χ3v) is 7.11. The van der Waals surface area contributed by atoms with Crippen molar-refractivity contribution >= 4 is 39.1 Å². The summed E-state index contributed by atoms with van der Waals surface area (Å²) in [6.45, 7) is 6.09. The Hall–Kier alpha value is -2.58. The van der Waals surface area contributed by atoms with Crippen LogP contribution in [-0.2, 0) is 26.2 Å². The first-order valence-electron chi connectivity index (χ1n) is 11.3. The van der Waals surface area contributed by atoms with E-state index in [2.05, 4.69) is 5.32 Å². The molecule has 9 heteroatoms. The monoisotopic (exact) mass is 507 g/mol. The van der Waals surface area contributed by atoms with E-state index in [1.807, 2.05) is 45.0 Å². The van der Waals surface area contributed by atoms with Crippen LogP contribution in [0.2, 0.25) is 5.02 Å². The van der Waals surface area contributed by atoms with Gasteiger partial charge in [-0.05, 0) is 49.9 Å². The Morgan fingerprint density at radius 1 is 1.09 bits per heavy atom. The Kier molecular flexibility index (Phi) is 9.94. The van der Waals surface area contributed by atoms with Gasteiger partial charge in [0, 0.05) is 31.6 Å². The Labute approximate surface area is 208 Å². The molecular weight excluding hydrogens is 474 g/mol. The Balaban J connectivity index is 2.21. The molecule has 0 unspecified atom stereocenters. The largest absolute Gasteiger partial charge is 0.357 e. The van der Waals surface area contributed by atoms with Crippen LogP contribution in [0.1, 0.15) is 42.9 Å². The van der Waals surface area contributed by atoms with E-state index in [-0.39, 0.29) is 24.8 Å². The highest BCUT2D eigenvalue weighted by atomic mass is 35.5. The fraction of sp³-hybridized carbons (Fsp3) is 0.440. The highest BCUT2D eigenvalue weighted by Crippen LogP contribution is 2.27. The maximum absolute atomic E-state index is 13.3. The number of benzene rings is 2. The van der Waals surface area contributed by atoms with Crippen molar-refractivity contribution in [3.63, 3.8) is 0 Å². The topological polar surface area (TPSA) is 86.8 Å². The van der Waals surface area contributed by atoms with Gasteiger partial charge in [0.05, 0.1) is 11.9 Å². The number of carbonyl (C=O) groups is 2. The molecule has 0 heterocycles. The van der Waals surface area contributed by atoms with E-state index in [9.17, 15) is 18.0 Å². The second-order valence-electron chi connectivity index (χ2n) is 8.42. The molecule has 7 nitrogen and oxygen atoms in total. The van der Waals surface area contributed by atoms with Gasteiger partial charge in [-0.2, -0.15) is 0 Å². The number of nitrogens with one attached hydrogen (secondary N) is 1. The number of sulfonamides is 1. The Morgan fingerprint density at radius 2 is 1.74 bits per heavy atom. The first-order valence-corrected chi connectivity index (χ1v) is 13.5. The summed E-state index contributed by atoms with van der Waals surface area (Å²) in [5, 5.41) is 3.08. The second kappa shape index (κ2) is 12.2. The molecule has 0 saturated heterocycles. The van der Waals surface area contributed by atoms with Gasteiger partial charge in [-0.15, -0.1) is 0 Å². The van der Waals surface area contributed by atoms with Crippen molar-refractivity contribution in [1.29, 1.82) is 0 Å². The first kappa shape index (κ1) is 27.7. The standard InChI is InChI=1S/C25H34ClN3O4S/c1-6-22(25(31)27-4)28(17-20-12-9-18(2)10-13-20)24(30)8-7-15-29(34(5,32)33)23-16-21(26)14-11-19(23)3/h9-14,16,22H,6-8,15,17H2,1-5H3,(H,27,31)/t22-/m1/s1. The van der Waals surface area contributed by atoms with E-state index in [4.69, 9.17) is 11.6 Å². The van der Waals surface area contributed by atoms with Crippen molar-refractivity contribution in [2.24, 2.45) is 0 Å². The van der Waals surface area contributed by atoms with Gasteiger partial charge in [0.15, 0.2) is 0 Å². The van der Waals surface area contributed by atoms with Gasteiger partial charge < -0.3 is 10.2 Å². The van der Waals surface area contributed by atoms with Gasteiger partial charge in [-0.25, -0.2) is 8.42 Å². The molecule has 0 spiro atoms. The van der Waals surface area contributed by atoms with Crippen LogP contribution in [0.25, 0.3) is 0 Å². The minimum absolute atomic E-state index is 0.102. The van der Waals surface area contributed by atoms with E-state index in [0.29, 0.717) is 30.1 Å². The third kappa shape index (κ3) is 7.46. The minimum atomic E-state index is -3.58. The van der Waals surface area contributed by atoms with Crippen molar-refractivity contribution in [3.05, 3.63) is 64.2 Å². The molecule has 186 valence electrons. The lowest BCUT2D eigenvalue weighted by Crippen LogP contribution is -2.48. The maximum atomic E-state index is 13.3. The second-order valence-corrected chi connectivity index (χ2v) is 10.8. The number of amides is 2. The molecule has 2 rings (SSSR count). The summed E-state index contributed by atoms with van der Waals surface area (Å²) < 4.78 is 26.3. The van der Waals surface area contributed by atoms with Gasteiger partial charge in [-0.1, -0.05) is 54.4 Å². The molecule has 2 amide bonds. The number of halogens is 1. The number of aryl methyl sites for hydroxylation is 2. The van der Waals surface area contributed by atoms with Crippen molar-refractivity contribution in [2.75, 3.05) is 24.2 Å². The van der Waals surface area contributed by atoms with Crippen molar-refractivity contribution in [3.8, 4) is 0 Å². The molecular formula is C25H34ClN3O4S. The molecule has 2 aromatic carbocycles. The van der Waals surface area contributed by atoms with Crippen LogP contribution in [0.15, 0.2) is 42.5 Å². The number of hydrogen-bond donors (Lipinski definition) is 1. The van der Waals surface area contributed by atoms with E-state index in [0.717, 1.165) is 22.9 Å². The van der Waals surface area contributed by atoms with Crippen LogP contribution in [0.3, 0.4) is 0 Å². The van der Waals surface area contributed by atoms with Crippen LogP contribution in [0.5, 0.6) is 0 Å². The molecule has 1 N–H and O–H groups in total. The average Bonchev–Trinajstić information content (AvgIpc) is 2.78. The summed E-state index contributed by atoms with van der Waals surface area (Å²) in [7, 11) is -2.03. The summed E-state index contributed by atoms with van der Waals surface area (Å²) in [5.41, 5.74) is 3.30. The molecule has 0 bridgehead atoms. The number of hydrogen-bond acceptors (Lipinski definition) is 4. The number of anilines is 1.